The average molecular weight is 446 g/mol. The first kappa shape index (κ1) is 23.1. The summed E-state index contributed by atoms with van der Waals surface area (Å²) in [4.78, 5) is 22.8. The third kappa shape index (κ3) is 5.22. The molecule has 168 valence electrons. The van der Waals surface area contributed by atoms with Crippen LogP contribution in [0.4, 0.5) is 5.82 Å². The predicted octanol–water partition coefficient (Wildman–Crippen LogP) is 2.68. The van der Waals surface area contributed by atoms with E-state index in [9.17, 15) is 13.2 Å². The number of hydrogen-bond donors (Lipinski definition) is 1. The molecule has 2 aromatic rings. The number of nitrogens with zero attached hydrogens (tertiary/aromatic N) is 4. The van der Waals surface area contributed by atoms with E-state index in [2.05, 4.69) is 15.3 Å². The molecule has 1 fully saturated rings. The van der Waals surface area contributed by atoms with Gasteiger partial charge >= 0.3 is 0 Å². The van der Waals surface area contributed by atoms with Gasteiger partial charge in [0.2, 0.25) is 15.9 Å². The maximum atomic E-state index is 13.1. The van der Waals surface area contributed by atoms with Crippen LogP contribution in [0.15, 0.2) is 29.2 Å². The molecule has 8 nitrogen and oxygen atoms in total. The first-order chi connectivity index (χ1) is 14.6. The number of nitrogens with one attached hydrogen (secondary N) is 1. The molecule has 0 unspecified atom stereocenters. The van der Waals surface area contributed by atoms with Crippen LogP contribution in [-0.2, 0) is 21.4 Å². The zero-order valence-corrected chi connectivity index (χ0v) is 19.7. The Morgan fingerprint density at radius 1 is 1.16 bits per heavy atom. The molecular weight excluding hydrogens is 414 g/mol. The van der Waals surface area contributed by atoms with Gasteiger partial charge in [0.05, 0.1) is 17.1 Å². The molecule has 1 aromatic heterocycles. The van der Waals surface area contributed by atoms with Crippen molar-refractivity contribution in [2.75, 3.05) is 32.5 Å². The molecular formula is C22H31N5O3S. The van der Waals surface area contributed by atoms with Gasteiger partial charge in [-0.15, -0.1) is 0 Å². The summed E-state index contributed by atoms with van der Waals surface area (Å²) in [7, 11) is 0.0131. The lowest BCUT2D eigenvalue weighted by Gasteiger charge is -2.31. The average Bonchev–Trinajstić information content (AvgIpc) is 2.75. The van der Waals surface area contributed by atoms with Crippen LogP contribution in [0.1, 0.15) is 48.3 Å². The molecule has 1 aliphatic heterocycles. The highest BCUT2D eigenvalue weighted by Gasteiger charge is 2.31. The SMILES string of the molecule is CNc1cc(CN(C)C(C)=O)nc(C2CCN(S(=O)(=O)c3ccc(C)c(C)c3)CC2)n1. The lowest BCUT2D eigenvalue weighted by atomic mass is 9.97. The smallest absolute Gasteiger partial charge is 0.243 e. The number of aryl methyl sites for hydroxylation is 2. The molecule has 3 rings (SSSR count). The van der Waals surface area contributed by atoms with Crippen molar-refractivity contribution in [1.29, 1.82) is 0 Å². The van der Waals surface area contributed by atoms with E-state index in [1.165, 1.54) is 6.92 Å². The number of anilines is 1. The van der Waals surface area contributed by atoms with Crippen LogP contribution in [0.3, 0.4) is 0 Å². The molecule has 1 aliphatic rings. The van der Waals surface area contributed by atoms with Gasteiger partial charge in [-0.25, -0.2) is 18.4 Å². The van der Waals surface area contributed by atoms with E-state index in [-0.39, 0.29) is 11.8 Å². The molecule has 1 amide bonds. The van der Waals surface area contributed by atoms with Crippen LogP contribution in [0, 0.1) is 13.8 Å². The number of aromatic nitrogens is 2. The zero-order valence-electron chi connectivity index (χ0n) is 18.8. The van der Waals surface area contributed by atoms with Crippen molar-refractivity contribution in [3.63, 3.8) is 0 Å². The Kier molecular flexibility index (Phi) is 6.96. The van der Waals surface area contributed by atoms with E-state index >= 15 is 0 Å². The van der Waals surface area contributed by atoms with Crippen LogP contribution < -0.4 is 5.32 Å². The van der Waals surface area contributed by atoms with Crippen molar-refractivity contribution in [2.45, 2.75) is 51.0 Å². The number of benzene rings is 1. The molecule has 2 heterocycles. The fourth-order valence-corrected chi connectivity index (χ4v) is 5.20. The minimum Gasteiger partial charge on any atom is -0.373 e. The molecule has 9 heteroatoms. The number of hydrogen-bond acceptors (Lipinski definition) is 6. The quantitative estimate of drug-likeness (QED) is 0.735. The molecule has 1 aromatic carbocycles. The van der Waals surface area contributed by atoms with Crippen molar-refractivity contribution in [3.05, 3.63) is 46.9 Å². The standard InChI is InChI=1S/C22H31N5O3S/c1-15-6-7-20(12-16(15)2)31(29,30)27-10-8-18(9-11-27)22-24-19(13-21(23-4)25-22)14-26(5)17(3)28/h6-7,12-13,18H,8-11,14H2,1-5H3,(H,23,24,25). The highest BCUT2D eigenvalue weighted by molar-refractivity contribution is 7.89. The van der Waals surface area contributed by atoms with E-state index in [0.717, 1.165) is 16.8 Å². The van der Waals surface area contributed by atoms with E-state index in [1.54, 1.807) is 35.4 Å². The fraction of sp³-hybridized carbons (Fsp3) is 0.500. The maximum Gasteiger partial charge on any atom is 0.243 e. The predicted molar refractivity (Wildman–Crippen MR) is 120 cm³/mol. The highest BCUT2D eigenvalue weighted by atomic mass is 32.2. The Bertz CT molecular complexity index is 1060. The van der Waals surface area contributed by atoms with Gasteiger partial charge in [-0.2, -0.15) is 4.31 Å². The second-order valence-electron chi connectivity index (χ2n) is 8.15. The fourth-order valence-electron chi connectivity index (χ4n) is 3.64. The summed E-state index contributed by atoms with van der Waals surface area (Å²) < 4.78 is 27.7. The Morgan fingerprint density at radius 3 is 2.42 bits per heavy atom. The summed E-state index contributed by atoms with van der Waals surface area (Å²) in [5.74, 6) is 1.43. The first-order valence-corrected chi connectivity index (χ1v) is 11.9. The van der Waals surface area contributed by atoms with Gasteiger partial charge in [0, 0.05) is 46.1 Å². The van der Waals surface area contributed by atoms with E-state index < -0.39 is 10.0 Å². The Hall–Kier alpha value is -2.52. The van der Waals surface area contributed by atoms with E-state index in [4.69, 9.17) is 0 Å². The molecule has 0 spiro atoms. The maximum absolute atomic E-state index is 13.1. The molecule has 1 saturated heterocycles. The number of carbonyl (C=O) groups excluding carboxylic acids is 1. The molecule has 1 N–H and O–H groups in total. The van der Waals surface area contributed by atoms with Crippen LogP contribution >= 0.6 is 0 Å². The highest BCUT2D eigenvalue weighted by Crippen LogP contribution is 2.30. The van der Waals surface area contributed by atoms with Crippen LogP contribution in [0.5, 0.6) is 0 Å². The lowest BCUT2D eigenvalue weighted by molar-refractivity contribution is -0.128. The topological polar surface area (TPSA) is 95.5 Å². The normalized spacial score (nSPS) is 15.6. The van der Waals surface area contributed by atoms with Gasteiger partial charge < -0.3 is 10.2 Å². The number of piperidine rings is 1. The van der Waals surface area contributed by atoms with Crippen molar-refractivity contribution < 1.29 is 13.2 Å². The molecule has 31 heavy (non-hydrogen) atoms. The van der Waals surface area contributed by atoms with Gasteiger partial charge in [-0.05, 0) is 49.9 Å². The molecule has 0 bridgehead atoms. The van der Waals surface area contributed by atoms with Crippen LogP contribution in [0.2, 0.25) is 0 Å². The summed E-state index contributed by atoms with van der Waals surface area (Å²) in [6.07, 6.45) is 1.30. The molecule has 0 saturated carbocycles. The molecule has 0 radical (unpaired) electrons. The third-order valence-corrected chi connectivity index (χ3v) is 7.82. The van der Waals surface area contributed by atoms with Gasteiger partial charge in [0.25, 0.3) is 0 Å². The Balaban J connectivity index is 1.75. The second kappa shape index (κ2) is 9.32. The largest absolute Gasteiger partial charge is 0.373 e. The van der Waals surface area contributed by atoms with Crippen molar-refractivity contribution in [2.24, 2.45) is 0 Å². The summed E-state index contributed by atoms with van der Waals surface area (Å²) in [6, 6.07) is 7.11. The summed E-state index contributed by atoms with van der Waals surface area (Å²) >= 11 is 0. The van der Waals surface area contributed by atoms with Gasteiger partial charge in [0.1, 0.15) is 11.6 Å². The third-order valence-electron chi connectivity index (χ3n) is 5.92. The number of carbonyl (C=O) groups is 1. The summed E-state index contributed by atoms with van der Waals surface area (Å²) in [6.45, 7) is 6.67. The summed E-state index contributed by atoms with van der Waals surface area (Å²) in [5.41, 5.74) is 2.80. The van der Waals surface area contributed by atoms with Crippen molar-refractivity contribution in [3.8, 4) is 0 Å². The summed E-state index contributed by atoms with van der Waals surface area (Å²) in [5, 5.41) is 3.05. The van der Waals surface area contributed by atoms with E-state index in [0.29, 0.717) is 49.0 Å². The minimum absolute atomic E-state index is 0.0315. The number of amides is 1. The minimum atomic E-state index is -3.52. The van der Waals surface area contributed by atoms with Gasteiger partial charge in [0.15, 0.2) is 0 Å². The van der Waals surface area contributed by atoms with E-state index in [1.807, 2.05) is 26.0 Å². The molecule has 0 aliphatic carbocycles. The number of rotatable bonds is 6. The molecule has 0 atom stereocenters. The van der Waals surface area contributed by atoms with Crippen molar-refractivity contribution >= 4 is 21.7 Å². The van der Waals surface area contributed by atoms with Crippen molar-refractivity contribution in [1.82, 2.24) is 19.2 Å². The zero-order chi connectivity index (χ0) is 22.8. The van der Waals surface area contributed by atoms with Gasteiger partial charge in [-0.1, -0.05) is 6.07 Å². The second-order valence-corrected chi connectivity index (χ2v) is 10.1. The van der Waals surface area contributed by atoms with Gasteiger partial charge in [-0.3, -0.25) is 4.79 Å². The lowest BCUT2D eigenvalue weighted by Crippen LogP contribution is -2.38. The first-order valence-electron chi connectivity index (χ1n) is 10.5. The number of sulfonamides is 1. The van der Waals surface area contributed by atoms with Crippen LogP contribution in [-0.4, -0.2) is 60.7 Å². The monoisotopic (exact) mass is 445 g/mol. The Morgan fingerprint density at radius 2 is 1.84 bits per heavy atom. The van der Waals surface area contributed by atoms with Crippen LogP contribution in [0.25, 0.3) is 0 Å². The Labute approximate surface area is 184 Å².